The van der Waals surface area contributed by atoms with E-state index in [1.807, 2.05) is 13.0 Å². The molecule has 0 saturated heterocycles. The summed E-state index contributed by atoms with van der Waals surface area (Å²) >= 11 is 0. The minimum absolute atomic E-state index is 0.0554. The lowest BCUT2D eigenvalue weighted by molar-refractivity contribution is -0.136. The first-order chi connectivity index (χ1) is 9.52. The number of carbonyl (C=O) groups excluding carboxylic acids is 1. The molecule has 1 unspecified atom stereocenters. The van der Waals surface area contributed by atoms with Gasteiger partial charge in [0.25, 0.3) is 0 Å². The zero-order valence-corrected chi connectivity index (χ0v) is 11.7. The second kappa shape index (κ2) is 8.16. The SMILES string of the molecule is COC(C)CNC(=O)NCc1ccccc1CC(=O)O. The first-order valence-electron chi connectivity index (χ1n) is 6.36. The van der Waals surface area contributed by atoms with Crippen LogP contribution in [0.1, 0.15) is 18.1 Å². The van der Waals surface area contributed by atoms with E-state index in [9.17, 15) is 9.59 Å². The topological polar surface area (TPSA) is 87.7 Å². The number of amides is 2. The number of aliphatic carboxylic acids is 1. The van der Waals surface area contributed by atoms with Crippen molar-refractivity contribution in [3.05, 3.63) is 35.4 Å². The molecule has 0 fully saturated rings. The molecule has 110 valence electrons. The highest BCUT2D eigenvalue weighted by atomic mass is 16.5. The van der Waals surface area contributed by atoms with Crippen LogP contribution in [0.4, 0.5) is 4.79 Å². The molecule has 0 heterocycles. The Morgan fingerprint density at radius 3 is 2.50 bits per heavy atom. The normalized spacial score (nSPS) is 11.7. The van der Waals surface area contributed by atoms with Crippen molar-refractivity contribution >= 4 is 12.0 Å². The van der Waals surface area contributed by atoms with Crippen molar-refractivity contribution in [3.63, 3.8) is 0 Å². The van der Waals surface area contributed by atoms with E-state index in [4.69, 9.17) is 9.84 Å². The molecule has 6 heteroatoms. The molecule has 0 saturated carbocycles. The van der Waals surface area contributed by atoms with E-state index in [1.165, 1.54) is 0 Å². The van der Waals surface area contributed by atoms with E-state index in [1.54, 1.807) is 25.3 Å². The maximum atomic E-state index is 11.6. The van der Waals surface area contributed by atoms with Crippen LogP contribution in [0.25, 0.3) is 0 Å². The predicted octanol–water partition coefficient (Wildman–Crippen LogP) is 1.15. The highest BCUT2D eigenvalue weighted by Gasteiger charge is 2.08. The monoisotopic (exact) mass is 280 g/mol. The van der Waals surface area contributed by atoms with Gasteiger partial charge in [0.2, 0.25) is 0 Å². The number of carboxylic acid groups (broad SMARTS) is 1. The van der Waals surface area contributed by atoms with E-state index in [2.05, 4.69) is 10.6 Å². The lowest BCUT2D eigenvalue weighted by Crippen LogP contribution is -2.39. The van der Waals surface area contributed by atoms with Crippen LogP contribution in [0.15, 0.2) is 24.3 Å². The highest BCUT2D eigenvalue weighted by molar-refractivity contribution is 5.74. The van der Waals surface area contributed by atoms with Crippen LogP contribution in [-0.2, 0) is 22.5 Å². The number of carbonyl (C=O) groups is 2. The molecular weight excluding hydrogens is 260 g/mol. The summed E-state index contributed by atoms with van der Waals surface area (Å²) in [5.41, 5.74) is 1.50. The zero-order valence-electron chi connectivity index (χ0n) is 11.7. The van der Waals surface area contributed by atoms with Gasteiger partial charge in [-0.25, -0.2) is 4.79 Å². The number of nitrogens with one attached hydrogen (secondary N) is 2. The summed E-state index contributed by atoms with van der Waals surface area (Å²) in [6.07, 6.45) is -0.111. The lowest BCUT2D eigenvalue weighted by atomic mass is 10.0. The molecule has 0 aliphatic heterocycles. The summed E-state index contributed by atoms with van der Waals surface area (Å²) in [5.74, 6) is -0.893. The van der Waals surface area contributed by atoms with Crippen molar-refractivity contribution in [2.24, 2.45) is 0 Å². The molecule has 1 rings (SSSR count). The molecule has 3 N–H and O–H groups in total. The van der Waals surface area contributed by atoms with Gasteiger partial charge in [-0.1, -0.05) is 24.3 Å². The van der Waals surface area contributed by atoms with Gasteiger partial charge in [0, 0.05) is 20.2 Å². The van der Waals surface area contributed by atoms with E-state index in [-0.39, 0.29) is 25.1 Å². The van der Waals surface area contributed by atoms with Crippen molar-refractivity contribution in [1.82, 2.24) is 10.6 Å². The second-order valence-corrected chi connectivity index (χ2v) is 4.45. The number of hydrogen-bond acceptors (Lipinski definition) is 3. The number of rotatable bonds is 7. The van der Waals surface area contributed by atoms with Gasteiger partial charge in [0.15, 0.2) is 0 Å². The molecule has 20 heavy (non-hydrogen) atoms. The lowest BCUT2D eigenvalue weighted by Gasteiger charge is -2.13. The molecule has 1 atom stereocenters. The number of methoxy groups -OCH3 is 1. The fraction of sp³-hybridized carbons (Fsp3) is 0.429. The van der Waals surface area contributed by atoms with Gasteiger partial charge in [-0.15, -0.1) is 0 Å². The quantitative estimate of drug-likeness (QED) is 0.699. The fourth-order valence-electron chi connectivity index (χ4n) is 1.62. The summed E-state index contributed by atoms with van der Waals surface area (Å²) in [7, 11) is 1.58. The van der Waals surface area contributed by atoms with Crippen molar-refractivity contribution < 1.29 is 19.4 Å². The van der Waals surface area contributed by atoms with Gasteiger partial charge in [-0.2, -0.15) is 0 Å². The van der Waals surface area contributed by atoms with Crippen LogP contribution < -0.4 is 10.6 Å². The highest BCUT2D eigenvalue weighted by Crippen LogP contribution is 2.09. The van der Waals surface area contributed by atoms with Gasteiger partial charge in [0.1, 0.15) is 0 Å². The van der Waals surface area contributed by atoms with Crippen molar-refractivity contribution in [2.75, 3.05) is 13.7 Å². The van der Waals surface area contributed by atoms with Crippen LogP contribution in [0.5, 0.6) is 0 Å². The van der Waals surface area contributed by atoms with Crippen LogP contribution in [0, 0.1) is 0 Å². The minimum Gasteiger partial charge on any atom is -0.481 e. The third-order valence-electron chi connectivity index (χ3n) is 2.85. The standard InChI is InChI=1S/C14H20N2O4/c1-10(20-2)8-15-14(19)16-9-12-6-4-3-5-11(12)7-13(17)18/h3-6,10H,7-9H2,1-2H3,(H,17,18)(H2,15,16,19). The average molecular weight is 280 g/mol. The largest absolute Gasteiger partial charge is 0.481 e. The summed E-state index contributed by atoms with van der Waals surface area (Å²) in [4.78, 5) is 22.3. The van der Waals surface area contributed by atoms with Crippen molar-refractivity contribution in [1.29, 1.82) is 0 Å². The summed E-state index contributed by atoms with van der Waals surface area (Å²) < 4.78 is 5.02. The Hall–Kier alpha value is -2.08. The molecule has 1 aromatic rings. The van der Waals surface area contributed by atoms with Crippen LogP contribution >= 0.6 is 0 Å². The van der Waals surface area contributed by atoms with E-state index in [0.717, 1.165) is 5.56 Å². The Kier molecular flexibility index (Phi) is 6.52. The van der Waals surface area contributed by atoms with E-state index in [0.29, 0.717) is 12.1 Å². The zero-order chi connectivity index (χ0) is 15.0. The molecule has 0 spiro atoms. The Morgan fingerprint density at radius 2 is 1.90 bits per heavy atom. The third kappa shape index (κ3) is 5.71. The molecule has 0 aromatic heterocycles. The maximum absolute atomic E-state index is 11.6. The molecule has 0 aliphatic carbocycles. The van der Waals surface area contributed by atoms with Crippen LogP contribution in [-0.4, -0.2) is 36.9 Å². The second-order valence-electron chi connectivity index (χ2n) is 4.45. The summed E-state index contributed by atoms with van der Waals surface area (Å²) in [5, 5.41) is 14.2. The Balaban J connectivity index is 2.48. The summed E-state index contributed by atoms with van der Waals surface area (Å²) in [6, 6.07) is 6.83. The third-order valence-corrected chi connectivity index (χ3v) is 2.85. The van der Waals surface area contributed by atoms with Gasteiger partial charge in [0.05, 0.1) is 12.5 Å². The molecule has 1 aromatic carbocycles. The van der Waals surface area contributed by atoms with Crippen molar-refractivity contribution in [2.45, 2.75) is 26.0 Å². The number of ether oxygens (including phenoxy) is 1. The summed E-state index contributed by atoms with van der Waals surface area (Å²) in [6.45, 7) is 2.55. The van der Waals surface area contributed by atoms with E-state index >= 15 is 0 Å². The number of hydrogen-bond donors (Lipinski definition) is 3. The molecule has 0 aliphatic rings. The maximum Gasteiger partial charge on any atom is 0.315 e. The Labute approximate surface area is 118 Å². The van der Waals surface area contributed by atoms with Gasteiger partial charge in [-0.05, 0) is 18.1 Å². The Bertz CT molecular complexity index is 462. The smallest absolute Gasteiger partial charge is 0.315 e. The van der Waals surface area contributed by atoms with E-state index < -0.39 is 5.97 Å². The fourth-order valence-corrected chi connectivity index (χ4v) is 1.62. The number of benzene rings is 1. The number of carboxylic acids is 1. The molecular formula is C14H20N2O4. The van der Waals surface area contributed by atoms with Crippen molar-refractivity contribution in [3.8, 4) is 0 Å². The predicted molar refractivity (Wildman–Crippen MR) is 74.5 cm³/mol. The van der Waals surface area contributed by atoms with Gasteiger partial charge in [-0.3, -0.25) is 4.79 Å². The van der Waals surface area contributed by atoms with Gasteiger partial charge >= 0.3 is 12.0 Å². The minimum atomic E-state index is -0.893. The first-order valence-corrected chi connectivity index (χ1v) is 6.36. The average Bonchev–Trinajstić information content (AvgIpc) is 2.43. The molecule has 0 bridgehead atoms. The molecule has 2 amide bonds. The van der Waals surface area contributed by atoms with Crippen LogP contribution in [0.2, 0.25) is 0 Å². The Morgan fingerprint density at radius 1 is 1.25 bits per heavy atom. The number of urea groups is 1. The first kappa shape index (κ1) is 16.0. The van der Waals surface area contributed by atoms with Crippen LogP contribution in [0.3, 0.4) is 0 Å². The molecule has 6 nitrogen and oxygen atoms in total. The van der Waals surface area contributed by atoms with Gasteiger partial charge < -0.3 is 20.5 Å². The molecule has 0 radical (unpaired) electrons.